The van der Waals surface area contributed by atoms with Crippen LogP contribution in [0.3, 0.4) is 0 Å². The minimum atomic E-state index is 0.0752. The molecule has 2 aromatic carbocycles. The van der Waals surface area contributed by atoms with Gasteiger partial charge in [-0.15, -0.1) is 21.5 Å². The molecule has 4 aromatic rings. The number of methoxy groups -OCH3 is 2. The van der Waals surface area contributed by atoms with Crippen molar-refractivity contribution in [3.8, 4) is 28.6 Å². The number of aromatic nitrogens is 3. The third-order valence-electron chi connectivity index (χ3n) is 4.66. The number of ether oxygens (including phenoxy) is 2. The van der Waals surface area contributed by atoms with Crippen LogP contribution in [0, 0.1) is 6.92 Å². The maximum absolute atomic E-state index is 12.6. The number of Topliss-reactive ketones (excluding diaryl/α,β-unsaturated/α-hetero) is 1. The van der Waals surface area contributed by atoms with Crippen LogP contribution < -0.4 is 9.47 Å². The highest BCUT2D eigenvalue weighted by molar-refractivity contribution is 7.99. The molecule has 0 N–H and O–H groups in total. The van der Waals surface area contributed by atoms with Crippen molar-refractivity contribution in [1.29, 1.82) is 0 Å². The number of hydrogen-bond acceptors (Lipinski definition) is 7. The zero-order valence-electron chi connectivity index (χ0n) is 17.4. The summed E-state index contributed by atoms with van der Waals surface area (Å²) >= 11 is 2.87. The van der Waals surface area contributed by atoms with Gasteiger partial charge in [0, 0.05) is 4.88 Å². The number of para-hydroxylation sites is 1. The molecule has 0 amide bonds. The van der Waals surface area contributed by atoms with Crippen LogP contribution in [0.1, 0.15) is 14.5 Å². The lowest BCUT2D eigenvalue weighted by atomic mass is 10.2. The van der Waals surface area contributed by atoms with Gasteiger partial charge in [-0.25, -0.2) is 0 Å². The molecule has 0 fully saturated rings. The first-order valence-corrected chi connectivity index (χ1v) is 11.4. The van der Waals surface area contributed by atoms with Gasteiger partial charge in [-0.2, -0.15) is 0 Å². The number of thioether (sulfide) groups is 1. The second-order valence-electron chi connectivity index (χ2n) is 6.66. The number of carbonyl (C=O) groups excluding carboxylic acids is 1. The Morgan fingerprint density at radius 3 is 2.45 bits per heavy atom. The Hall–Kier alpha value is -3.10. The molecule has 4 rings (SSSR count). The van der Waals surface area contributed by atoms with Crippen LogP contribution in [0.2, 0.25) is 0 Å². The summed E-state index contributed by atoms with van der Waals surface area (Å²) in [4.78, 5) is 14.5. The highest BCUT2D eigenvalue weighted by atomic mass is 32.2. The number of benzene rings is 2. The van der Waals surface area contributed by atoms with E-state index in [1.54, 1.807) is 14.2 Å². The van der Waals surface area contributed by atoms with Gasteiger partial charge in [-0.3, -0.25) is 9.36 Å². The molecule has 158 valence electrons. The third kappa shape index (κ3) is 4.50. The van der Waals surface area contributed by atoms with Crippen LogP contribution in [0.25, 0.3) is 17.1 Å². The van der Waals surface area contributed by atoms with Gasteiger partial charge >= 0.3 is 0 Å². The smallest absolute Gasteiger partial charge is 0.196 e. The van der Waals surface area contributed by atoms with E-state index in [1.807, 2.05) is 72.2 Å². The van der Waals surface area contributed by atoms with Crippen molar-refractivity contribution >= 4 is 28.9 Å². The fourth-order valence-corrected chi connectivity index (χ4v) is 4.85. The van der Waals surface area contributed by atoms with E-state index in [0.717, 1.165) is 26.8 Å². The molecular formula is C23H21N3O3S2. The van der Waals surface area contributed by atoms with E-state index in [2.05, 4.69) is 10.2 Å². The molecule has 0 atom stereocenters. The molecule has 8 heteroatoms. The van der Waals surface area contributed by atoms with Crippen LogP contribution in [-0.4, -0.2) is 40.5 Å². The largest absolute Gasteiger partial charge is 0.497 e. The van der Waals surface area contributed by atoms with Gasteiger partial charge in [0.2, 0.25) is 0 Å². The minimum absolute atomic E-state index is 0.0752. The summed E-state index contributed by atoms with van der Waals surface area (Å²) in [5, 5.41) is 9.47. The Labute approximate surface area is 188 Å². The second-order valence-corrected chi connectivity index (χ2v) is 8.89. The Bertz CT molecular complexity index is 1200. The number of thiophene rings is 1. The highest BCUT2D eigenvalue weighted by Crippen LogP contribution is 2.34. The Morgan fingerprint density at radius 1 is 1.00 bits per heavy atom. The molecular weight excluding hydrogens is 430 g/mol. The quantitative estimate of drug-likeness (QED) is 0.268. The van der Waals surface area contributed by atoms with Crippen molar-refractivity contribution in [2.75, 3.05) is 20.0 Å². The first-order valence-electron chi connectivity index (χ1n) is 9.56. The maximum atomic E-state index is 12.6. The maximum Gasteiger partial charge on any atom is 0.196 e. The normalized spacial score (nSPS) is 10.8. The summed E-state index contributed by atoms with van der Waals surface area (Å²) in [6.07, 6.45) is 0. The van der Waals surface area contributed by atoms with Crippen LogP contribution in [-0.2, 0) is 0 Å². The lowest BCUT2D eigenvalue weighted by molar-refractivity contribution is 0.102. The molecule has 0 spiro atoms. The molecule has 0 radical (unpaired) electrons. The molecule has 2 heterocycles. The minimum Gasteiger partial charge on any atom is -0.497 e. The van der Waals surface area contributed by atoms with E-state index in [1.165, 1.54) is 23.1 Å². The van der Waals surface area contributed by atoms with Crippen LogP contribution in [0.4, 0.5) is 0 Å². The van der Waals surface area contributed by atoms with Gasteiger partial charge in [0.05, 0.1) is 36.1 Å². The topological polar surface area (TPSA) is 66.2 Å². The average molecular weight is 452 g/mol. The fraction of sp³-hybridized carbons (Fsp3) is 0.174. The number of ketones is 1. The Balaban J connectivity index is 1.72. The fourth-order valence-electron chi connectivity index (χ4n) is 3.12. The number of nitrogens with zero attached hydrogens (tertiary/aromatic N) is 3. The molecule has 2 aromatic heterocycles. The van der Waals surface area contributed by atoms with Gasteiger partial charge in [-0.1, -0.05) is 23.9 Å². The lowest BCUT2D eigenvalue weighted by Gasteiger charge is -2.12. The van der Waals surface area contributed by atoms with E-state index in [-0.39, 0.29) is 11.5 Å². The van der Waals surface area contributed by atoms with Crippen molar-refractivity contribution in [3.63, 3.8) is 0 Å². The molecule has 31 heavy (non-hydrogen) atoms. The number of rotatable bonds is 8. The highest BCUT2D eigenvalue weighted by Gasteiger charge is 2.20. The summed E-state index contributed by atoms with van der Waals surface area (Å²) in [5.74, 6) is 2.45. The SMILES string of the molecule is COc1ccc(-n2c(SCC(=O)c3ccc(C)s3)nnc2-c2ccccc2OC)cc1. The lowest BCUT2D eigenvalue weighted by Crippen LogP contribution is -2.04. The zero-order valence-corrected chi connectivity index (χ0v) is 19.0. The number of carbonyl (C=O) groups is 1. The van der Waals surface area contributed by atoms with Crippen molar-refractivity contribution in [3.05, 3.63) is 70.4 Å². The summed E-state index contributed by atoms with van der Waals surface area (Å²) in [7, 11) is 3.26. The summed E-state index contributed by atoms with van der Waals surface area (Å²) in [6, 6.07) is 19.2. The van der Waals surface area contributed by atoms with Crippen LogP contribution >= 0.6 is 23.1 Å². The molecule has 0 unspecified atom stereocenters. The van der Waals surface area contributed by atoms with Crippen molar-refractivity contribution in [2.24, 2.45) is 0 Å². The van der Waals surface area contributed by atoms with E-state index in [0.29, 0.717) is 16.7 Å². The molecule has 0 aliphatic carbocycles. The molecule has 0 bridgehead atoms. The van der Waals surface area contributed by atoms with E-state index >= 15 is 0 Å². The van der Waals surface area contributed by atoms with Gasteiger partial charge in [0.1, 0.15) is 11.5 Å². The van der Waals surface area contributed by atoms with Crippen molar-refractivity contribution in [1.82, 2.24) is 14.8 Å². The van der Waals surface area contributed by atoms with Crippen LogP contribution in [0.15, 0.2) is 65.8 Å². The Morgan fingerprint density at radius 2 is 1.77 bits per heavy atom. The summed E-state index contributed by atoms with van der Waals surface area (Å²) in [5.41, 5.74) is 1.69. The van der Waals surface area contributed by atoms with E-state index < -0.39 is 0 Å². The number of aryl methyl sites for hydroxylation is 1. The molecule has 0 saturated carbocycles. The van der Waals surface area contributed by atoms with Crippen molar-refractivity contribution < 1.29 is 14.3 Å². The second kappa shape index (κ2) is 9.36. The summed E-state index contributed by atoms with van der Waals surface area (Å²) in [6.45, 7) is 1.99. The Kier molecular flexibility index (Phi) is 6.39. The molecule has 6 nitrogen and oxygen atoms in total. The third-order valence-corrected chi connectivity index (χ3v) is 6.63. The van der Waals surface area contributed by atoms with Gasteiger partial charge in [0.25, 0.3) is 0 Å². The average Bonchev–Trinajstić information content (AvgIpc) is 3.43. The first-order chi connectivity index (χ1) is 15.1. The van der Waals surface area contributed by atoms with Gasteiger partial charge in [-0.05, 0) is 55.5 Å². The molecule has 0 saturated heterocycles. The number of hydrogen-bond donors (Lipinski definition) is 0. The van der Waals surface area contributed by atoms with Gasteiger partial charge < -0.3 is 9.47 Å². The molecule has 0 aliphatic rings. The summed E-state index contributed by atoms with van der Waals surface area (Å²) < 4.78 is 12.8. The molecule has 0 aliphatic heterocycles. The van der Waals surface area contributed by atoms with Gasteiger partial charge in [0.15, 0.2) is 16.8 Å². The first kappa shape index (κ1) is 21.1. The van der Waals surface area contributed by atoms with Crippen molar-refractivity contribution in [2.45, 2.75) is 12.1 Å². The predicted octanol–water partition coefficient (Wildman–Crippen LogP) is 5.30. The van der Waals surface area contributed by atoms with E-state index in [4.69, 9.17) is 9.47 Å². The monoisotopic (exact) mass is 451 g/mol. The van der Waals surface area contributed by atoms with E-state index in [9.17, 15) is 4.79 Å². The predicted molar refractivity (Wildman–Crippen MR) is 124 cm³/mol. The standard InChI is InChI=1S/C23H21N3O3S2/c1-15-8-13-21(31-15)19(27)14-30-23-25-24-22(18-6-4-5-7-20(18)29-3)26(23)16-9-11-17(28-2)12-10-16/h4-13H,14H2,1-3H3. The van der Waals surface area contributed by atoms with Crippen LogP contribution in [0.5, 0.6) is 11.5 Å². The zero-order chi connectivity index (χ0) is 21.8.